The minimum Gasteiger partial charge on any atom is -0.373 e. The summed E-state index contributed by atoms with van der Waals surface area (Å²) in [5.41, 5.74) is 3.56. The van der Waals surface area contributed by atoms with Crippen LogP contribution in [0, 0.1) is 13.8 Å². The number of rotatable bonds is 3. The summed E-state index contributed by atoms with van der Waals surface area (Å²) in [6, 6.07) is 14.6. The molecule has 4 heteroatoms. The zero-order valence-corrected chi connectivity index (χ0v) is 12.7. The van der Waals surface area contributed by atoms with Gasteiger partial charge in [-0.2, -0.15) is 0 Å². The molecule has 0 saturated carbocycles. The Morgan fingerprint density at radius 2 is 1.73 bits per heavy atom. The zero-order chi connectivity index (χ0) is 15.7. The number of imide groups is 1. The van der Waals surface area contributed by atoms with E-state index in [0.717, 1.165) is 16.8 Å². The first-order chi connectivity index (χ1) is 10.6. The lowest BCUT2D eigenvalue weighted by atomic mass is 10.1. The van der Waals surface area contributed by atoms with Crippen molar-refractivity contribution in [1.29, 1.82) is 0 Å². The smallest absolute Gasteiger partial charge is 0.256 e. The van der Waals surface area contributed by atoms with Gasteiger partial charge in [-0.05, 0) is 43.2 Å². The minimum absolute atomic E-state index is 0.160. The number of anilines is 2. The van der Waals surface area contributed by atoms with Crippen LogP contribution in [0.3, 0.4) is 0 Å². The zero-order valence-electron chi connectivity index (χ0n) is 12.7. The molecular formula is C18H18N2O2. The number of nitrogens with zero attached hydrogens (tertiary/aromatic N) is 1. The van der Waals surface area contributed by atoms with E-state index in [9.17, 15) is 9.59 Å². The molecule has 1 aliphatic heterocycles. The molecule has 1 saturated heterocycles. The van der Waals surface area contributed by atoms with Crippen LogP contribution in [0.15, 0.2) is 48.5 Å². The number of amides is 2. The molecule has 0 unspecified atom stereocenters. The van der Waals surface area contributed by atoms with E-state index in [-0.39, 0.29) is 18.2 Å². The van der Waals surface area contributed by atoms with Gasteiger partial charge in [-0.15, -0.1) is 0 Å². The molecule has 1 N–H and O–H groups in total. The van der Waals surface area contributed by atoms with Crippen molar-refractivity contribution < 1.29 is 9.59 Å². The normalized spacial score (nSPS) is 17.9. The number of carbonyl (C=O) groups excluding carboxylic acids is 2. The van der Waals surface area contributed by atoms with Crippen molar-refractivity contribution in [2.75, 3.05) is 10.2 Å². The Morgan fingerprint density at radius 3 is 2.45 bits per heavy atom. The molecule has 1 aliphatic rings. The van der Waals surface area contributed by atoms with Crippen molar-refractivity contribution in [3.05, 3.63) is 59.7 Å². The third-order valence-electron chi connectivity index (χ3n) is 4.08. The Balaban J connectivity index is 1.87. The summed E-state index contributed by atoms with van der Waals surface area (Å²) in [5, 5.41) is 3.14. The third kappa shape index (κ3) is 2.48. The maximum absolute atomic E-state index is 12.6. The second-order valence-electron chi connectivity index (χ2n) is 5.55. The molecule has 0 bridgehead atoms. The highest BCUT2D eigenvalue weighted by atomic mass is 16.2. The van der Waals surface area contributed by atoms with Crippen molar-refractivity contribution in [3.63, 3.8) is 0 Å². The van der Waals surface area contributed by atoms with Crippen LogP contribution in [0.25, 0.3) is 0 Å². The Labute approximate surface area is 129 Å². The van der Waals surface area contributed by atoms with E-state index in [0.29, 0.717) is 5.69 Å². The first-order valence-electron chi connectivity index (χ1n) is 7.32. The summed E-state index contributed by atoms with van der Waals surface area (Å²) in [4.78, 5) is 26.2. The van der Waals surface area contributed by atoms with Gasteiger partial charge in [-0.25, -0.2) is 4.90 Å². The molecule has 0 radical (unpaired) electrons. The first kappa shape index (κ1) is 14.3. The molecule has 2 aromatic carbocycles. The third-order valence-corrected chi connectivity index (χ3v) is 4.08. The monoisotopic (exact) mass is 294 g/mol. The number of hydrogen-bond acceptors (Lipinski definition) is 3. The number of carbonyl (C=O) groups is 2. The van der Waals surface area contributed by atoms with Crippen LogP contribution < -0.4 is 10.2 Å². The molecule has 1 heterocycles. The fourth-order valence-electron chi connectivity index (χ4n) is 2.71. The molecular weight excluding hydrogens is 276 g/mol. The fourth-order valence-corrected chi connectivity index (χ4v) is 2.71. The van der Waals surface area contributed by atoms with Crippen LogP contribution >= 0.6 is 0 Å². The van der Waals surface area contributed by atoms with Gasteiger partial charge in [-0.3, -0.25) is 9.59 Å². The lowest BCUT2D eigenvalue weighted by Gasteiger charge is -2.19. The SMILES string of the molecule is Cc1cccc(N2C(=O)C[C@@H](Nc3ccccc3)C2=O)c1C. The van der Waals surface area contributed by atoms with Crippen LogP contribution in [0.1, 0.15) is 17.5 Å². The second kappa shape index (κ2) is 5.64. The van der Waals surface area contributed by atoms with Gasteiger partial charge in [0.15, 0.2) is 0 Å². The molecule has 3 rings (SSSR count). The molecule has 0 aromatic heterocycles. The lowest BCUT2D eigenvalue weighted by molar-refractivity contribution is -0.121. The quantitative estimate of drug-likeness (QED) is 0.885. The molecule has 22 heavy (non-hydrogen) atoms. The largest absolute Gasteiger partial charge is 0.373 e. The summed E-state index contributed by atoms with van der Waals surface area (Å²) < 4.78 is 0. The van der Waals surface area contributed by atoms with Crippen molar-refractivity contribution in [2.24, 2.45) is 0 Å². The predicted molar refractivity (Wildman–Crippen MR) is 86.9 cm³/mol. The predicted octanol–water partition coefficient (Wildman–Crippen LogP) is 3.05. The highest BCUT2D eigenvalue weighted by Crippen LogP contribution is 2.29. The Kier molecular flexibility index (Phi) is 3.67. The van der Waals surface area contributed by atoms with Crippen molar-refractivity contribution in [2.45, 2.75) is 26.3 Å². The summed E-state index contributed by atoms with van der Waals surface area (Å²) in [6.07, 6.45) is 0.182. The van der Waals surface area contributed by atoms with Gasteiger partial charge in [0.1, 0.15) is 6.04 Å². The van der Waals surface area contributed by atoms with Gasteiger partial charge in [-0.1, -0.05) is 30.3 Å². The van der Waals surface area contributed by atoms with E-state index in [1.165, 1.54) is 4.90 Å². The van der Waals surface area contributed by atoms with Gasteiger partial charge in [0, 0.05) is 5.69 Å². The molecule has 1 atom stereocenters. The van der Waals surface area contributed by atoms with E-state index in [1.807, 2.05) is 62.4 Å². The lowest BCUT2D eigenvalue weighted by Crippen LogP contribution is -2.35. The summed E-state index contributed by atoms with van der Waals surface area (Å²) >= 11 is 0. The number of para-hydroxylation sites is 1. The Bertz CT molecular complexity index is 725. The summed E-state index contributed by atoms with van der Waals surface area (Å²) in [5.74, 6) is -0.352. The van der Waals surface area contributed by atoms with Crippen LogP contribution in [0.5, 0.6) is 0 Å². The van der Waals surface area contributed by atoms with Crippen LogP contribution in [0.2, 0.25) is 0 Å². The number of benzene rings is 2. The topological polar surface area (TPSA) is 49.4 Å². The second-order valence-corrected chi connectivity index (χ2v) is 5.55. The molecule has 112 valence electrons. The van der Waals surface area contributed by atoms with Gasteiger partial charge in [0.25, 0.3) is 5.91 Å². The first-order valence-corrected chi connectivity index (χ1v) is 7.32. The number of hydrogen-bond donors (Lipinski definition) is 1. The van der Waals surface area contributed by atoms with E-state index < -0.39 is 6.04 Å². The molecule has 0 spiro atoms. The van der Waals surface area contributed by atoms with E-state index >= 15 is 0 Å². The number of nitrogens with one attached hydrogen (secondary N) is 1. The average Bonchev–Trinajstić information content (AvgIpc) is 2.78. The van der Waals surface area contributed by atoms with Crippen LogP contribution in [-0.2, 0) is 9.59 Å². The highest BCUT2D eigenvalue weighted by Gasteiger charge is 2.40. The van der Waals surface area contributed by atoms with Crippen molar-refractivity contribution in [3.8, 4) is 0 Å². The Hall–Kier alpha value is -2.62. The Morgan fingerprint density at radius 1 is 1.00 bits per heavy atom. The van der Waals surface area contributed by atoms with Crippen molar-refractivity contribution in [1.82, 2.24) is 0 Å². The molecule has 2 amide bonds. The summed E-state index contributed by atoms with van der Waals surface area (Å²) in [7, 11) is 0. The van der Waals surface area contributed by atoms with Crippen LogP contribution in [-0.4, -0.2) is 17.9 Å². The maximum Gasteiger partial charge on any atom is 0.256 e. The average molecular weight is 294 g/mol. The standard InChI is InChI=1S/C18H18N2O2/c1-12-7-6-10-16(13(12)2)20-17(21)11-15(18(20)22)19-14-8-4-3-5-9-14/h3-10,15,19H,11H2,1-2H3/t15-/m1/s1. The highest BCUT2D eigenvalue weighted by molar-refractivity contribution is 6.23. The van der Waals surface area contributed by atoms with E-state index in [4.69, 9.17) is 0 Å². The van der Waals surface area contributed by atoms with Gasteiger partial charge >= 0.3 is 0 Å². The van der Waals surface area contributed by atoms with Gasteiger partial charge in [0.05, 0.1) is 12.1 Å². The minimum atomic E-state index is -0.505. The van der Waals surface area contributed by atoms with Gasteiger partial charge < -0.3 is 5.32 Å². The van der Waals surface area contributed by atoms with E-state index in [1.54, 1.807) is 0 Å². The van der Waals surface area contributed by atoms with E-state index in [2.05, 4.69) is 5.32 Å². The fraction of sp³-hybridized carbons (Fsp3) is 0.222. The molecule has 0 aliphatic carbocycles. The molecule has 4 nitrogen and oxygen atoms in total. The van der Waals surface area contributed by atoms with Gasteiger partial charge in [0.2, 0.25) is 5.91 Å². The maximum atomic E-state index is 12.6. The molecule has 1 fully saturated rings. The molecule has 2 aromatic rings. The number of aryl methyl sites for hydroxylation is 1. The van der Waals surface area contributed by atoms with Crippen LogP contribution in [0.4, 0.5) is 11.4 Å². The van der Waals surface area contributed by atoms with Crippen molar-refractivity contribution >= 4 is 23.2 Å². The summed E-state index contributed by atoms with van der Waals surface area (Å²) in [6.45, 7) is 3.91.